The maximum Gasteiger partial charge on any atom is 0.242 e. The van der Waals surface area contributed by atoms with E-state index in [1.165, 1.54) is 17.4 Å². The highest BCUT2D eigenvalue weighted by atomic mass is 32.1. The molecule has 1 aliphatic heterocycles. The van der Waals surface area contributed by atoms with Crippen LogP contribution in [-0.2, 0) is 16.0 Å². The van der Waals surface area contributed by atoms with Crippen molar-refractivity contribution < 1.29 is 14.3 Å². The molecule has 0 saturated heterocycles. The van der Waals surface area contributed by atoms with E-state index in [0.717, 1.165) is 17.7 Å². The van der Waals surface area contributed by atoms with Crippen LogP contribution in [0, 0.1) is 0 Å². The number of nitrogens with zero attached hydrogens (tertiary/aromatic N) is 2. The molecule has 1 aliphatic rings. The molecule has 1 aromatic heterocycles. The van der Waals surface area contributed by atoms with E-state index in [1.807, 2.05) is 30.9 Å². The molecule has 0 saturated carbocycles. The van der Waals surface area contributed by atoms with Gasteiger partial charge in [0, 0.05) is 24.4 Å². The van der Waals surface area contributed by atoms with E-state index in [-0.39, 0.29) is 30.4 Å². The number of carbonyl (C=O) groups excluding carboxylic acids is 2. The molecule has 162 valence electrons. The van der Waals surface area contributed by atoms with Gasteiger partial charge in [0.05, 0.1) is 12.6 Å². The first kappa shape index (κ1) is 22.3. The third-order valence-electron chi connectivity index (χ3n) is 5.70. The summed E-state index contributed by atoms with van der Waals surface area (Å²) in [6, 6.07) is 10.1. The summed E-state index contributed by atoms with van der Waals surface area (Å²) in [6.45, 7) is 10.9. The molecule has 5 nitrogen and oxygen atoms in total. The Balaban J connectivity index is 1.76. The lowest BCUT2D eigenvalue weighted by molar-refractivity contribution is -0.143. The summed E-state index contributed by atoms with van der Waals surface area (Å²) in [4.78, 5) is 29.9. The Morgan fingerprint density at radius 3 is 2.47 bits per heavy atom. The zero-order valence-electron chi connectivity index (χ0n) is 18.6. The van der Waals surface area contributed by atoms with Gasteiger partial charge in [-0.15, -0.1) is 11.3 Å². The van der Waals surface area contributed by atoms with Gasteiger partial charge in [0.1, 0.15) is 12.4 Å². The minimum Gasteiger partial charge on any atom is -0.491 e. The molecule has 0 fully saturated rings. The van der Waals surface area contributed by atoms with Crippen molar-refractivity contribution in [1.82, 2.24) is 9.80 Å². The van der Waals surface area contributed by atoms with Gasteiger partial charge in [-0.25, -0.2) is 0 Å². The van der Waals surface area contributed by atoms with Crippen molar-refractivity contribution in [3.05, 3.63) is 51.7 Å². The number of ether oxygens (including phenoxy) is 1. The molecule has 6 heteroatoms. The number of thiophene rings is 1. The SMILES string of the molecule is CC(=O)N(CC(=O)N1CCc2sccc2[C@@H]1COc1ccc(C(C)C)cc1)C(C)C. The molecule has 0 radical (unpaired) electrons. The monoisotopic (exact) mass is 428 g/mol. The summed E-state index contributed by atoms with van der Waals surface area (Å²) in [7, 11) is 0. The van der Waals surface area contributed by atoms with Gasteiger partial charge in [0.25, 0.3) is 0 Å². The van der Waals surface area contributed by atoms with E-state index in [1.54, 1.807) is 16.2 Å². The van der Waals surface area contributed by atoms with Gasteiger partial charge in [0.15, 0.2) is 0 Å². The van der Waals surface area contributed by atoms with Crippen molar-refractivity contribution in [1.29, 1.82) is 0 Å². The van der Waals surface area contributed by atoms with E-state index in [0.29, 0.717) is 19.1 Å². The fraction of sp³-hybridized carbons (Fsp3) is 0.500. The maximum atomic E-state index is 13.2. The van der Waals surface area contributed by atoms with Crippen molar-refractivity contribution in [3.8, 4) is 5.75 Å². The predicted molar refractivity (Wildman–Crippen MR) is 121 cm³/mol. The molecule has 0 N–H and O–H groups in total. The molecule has 0 aliphatic carbocycles. The number of hydrogen-bond donors (Lipinski definition) is 0. The maximum absolute atomic E-state index is 13.2. The number of fused-ring (bicyclic) bond motifs is 1. The first-order chi connectivity index (χ1) is 14.3. The molecule has 1 atom stereocenters. The van der Waals surface area contributed by atoms with E-state index >= 15 is 0 Å². The third-order valence-corrected chi connectivity index (χ3v) is 6.70. The van der Waals surface area contributed by atoms with Crippen LogP contribution >= 0.6 is 11.3 Å². The number of hydrogen-bond acceptors (Lipinski definition) is 4. The molecule has 3 rings (SSSR count). The lowest BCUT2D eigenvalue weighted by atomic mass is 10.00. The summed E-state index contributed by atoms with van der Waals surface area (Å²) in [5.74, 6) is 1.18. The van der Waals surface area contributed by atoms with Crippen LogP contribution in [0.3, 0.4) is 0 Å². The van der Waals surface area contributed by atoms with Crippen molar-refractivity contribution in [3.63, 3.8) is 0 Å². The van der Waals surface area contributed by atoms with Gasteiger partial charge in [-0.1, -0.05) is 26.0 Å². The van der Waals surface area contributed by atoms with Crippen LogP contribution in [0.5, 0.6) is 5.75 Å². The number of benzene rings is 1. The van der Waals surface area contributed by atoms with Gasteiger partial charge in [-0.3, -0.25) is 9.59 Å². The number of rotatable bonds is 7. The molecular formula is C24H32N2O3S. The van der Waals surface area contributed by atoms with Crippen molar-refractivity contribution in [2.75, 3.05) is 19.7 Å². The summed E-state index contributed by atoms with van der Waals surface area (Å²) in [5, 5.41) is 2.08. The normalized spacial score (nSPS) is 16.0. The van der Waals surface area contributed by atoms with E-state index in [9.17, 15) is 9.59 Å². The summed E-state index contributed by atoms with van der Waals surface area (Å²) < 4.78 is 6.12. The Morgan fingerprint density at radius 2 is 1.87 bits per heavy atom. The summed E-state index contributed by atoms with van der Waals surface area (Å²) >= 11 is 1.74. The molecule has 2 heterocycles. The predicted octanol–water partition coefficient (Wildman–Crippen LogP) is 4.63. The fourth-order valence-electron chi connectivity index (χ4n) is 3.89. The third kappa shape index (κ3) is 5.04. The zero-order chi connectivity index (χ0) is 21.8. The molecule has 2 amide bonds. The molecule has 0 unspecified atom stereocenters. The van der Waals surface area contributed by atoms with Crippen LogP contribution in [0.25, 0.3) is 0 Å². The van der Waals surface area contributed by atoms with Crippen LogP contribution in [0.15, 0.2) is 35.7 Å². The standard InChI is InChI=1S/C24H32N2O3S/c1-16(2)19-6-8-20(9-7-19)29-15-22-21-11-13-30-23(21)10-12-25(22)24(28)14-26(17(3)4)18(5)27/h6-9,11,13,16-17,22H,10,12,14-15H2,1-5H3/t22-/m0/s1. The largest absolute Gasteiger partial charge is 0.491 e. The highest BCUT2D eigenvalue weighted by Gasteiger charge is 2.33. The minimum absolute atomic E-state index is 0.0119. The first-order valence-electron chi connectivity index (χ1n) is 10.6. The summed E-state index contributed by atoms with van der Waals surface area (Å²) in [6.07, 6.45) is 0.847. The van der Waals surface area contributed by atoms with Crippen LogP contribution in [-0.4, -0.2) is 47.4 Å². The van der Waals surface area contributed by atoms with E-state index < -0.39 is 0 Å². The van der Waals surface area contributed by atoms with Gasteiger partial charge in [-0.2, -0.15) is 0 Å². The Hall–Kier alpha value is -2.34. The fourth-order valence-corrected chi connectivity index (χ4v) is 4.82. The van der Waals surface area contributed by atoms with Gasteiger partial charge < -0.3 is 14.5 Å². The molecule has 0 bridgehead atoms. The average Bonchev–Trinajstić information content (AvgIpc) is 3.18. The van der Waals surface area contributed by atoms with Gasteiger partial charge in [0.2, 0.25) is 11.8 Å². The quantitative estimate of drug-likeness (QED) is 0.646. The van der Waals surface area contributed by atoms with Crippen LogP contribution in [0.1, 0.15) is 62.6 Å². The highest BCUT2D eigenvalue weighted by molar-refractivity contribution is 7.10. The first-order valence-corrected chi connectivity index (χ1v) is 11.5. The Bertz CT molecular complexity index is 873. The Kier molecular flexibility index (Phi) is 7.19. The summed E-state index contributed by atoms with van der Waals surface area (Å²) in [5.41, 5.74) is 2.44. The van der Waals surface area contributed by atoms with Crippen LogP contribution in [0.2, 0.25) is 0 Å². The number of amides is 2. The van der Waals surface area contributed by atoms with Crippen molar-refractivity contribution in [2.24, 2.45) is 0 Å². The Labute approximate surface area is 183 Å². The lowest BCUT2D eigenvalue weighted by Crippen LogP contribution is -2.49. The topological polar surface area (TPSA) is 49.9 Å². The van der Waals surface area contributed by atoms with Gasteiger partial charge in [-0.05, 0) is 60.9 Å². The average molecular weight is 429 g/mol. The Morgan fingerprint density at radius 1 is 1.17 bits per heavy atom. The molecule has 2 aromatic rings. The van der Waals surface area contributed by atoms with Crippen molar-refractivity contribution in [2.45, 2.75) is 59.0 Å². The second-order valence-electron chi connectivity index (χ2n) is 8.43. The lowest BCUT2D eigenvalue weighted by Gasteiger charge is -2.37. The molecule has 30 heavy (non-hydrogen) atoms. The van der Waals surface area contributed by atoms with Crippen LogP contribution < -0.4 is 4.74 Å². The molecule has 1 aromatic carbocycles. The molecule has 0 spiro atoms. The van der Waals surface area contributed by atoms with Gasteiger partial charge >= 0.3 is 0 Å². The van der Waals surface area contributed by atoms with Crippen molar-refractivity contribution >= 4 is 23.2 Å². The van der Waals surface area contributed by atoms with E-state index in [2.05, 4.69) is 37.4 Å². The van der Waals surface area contributed by atoms with E-state index in [4.69, 9.17) is 4.74 Å². The minimum atomic E-state index is -0.141. The second-order valence-corrected chi connectivity index (χ2v) is 9.43. The second kappa shape index (κ2) is 9.65. The smallest absolute Gasteiger partial charge is 0.242 e. The van der Waals surface area contributed by atoms with Crippen LogP contribution in [0.4, 0.5) is 0 Å². The zero-order valence-corrected chi connectivity index (χ0v) is 19.4. The number of carbonyl (C=O) groups is 2. The molecular weight excluding hydrogens is 396 g/mol. The highest BCUT2D eigenvalue weighted by Crippen LogP contribution is 2.34.